The summed E-state index contributed by atoms with van der Waals surface area (Å²) in [5.74, 6) is 0.857. The van der Waals surface area contributed by atoms with E-state index in [2.05, 4.69) is 23.3 Å². The second kappa shape index (κ2) is 6.24. The second-order valence-corrected chi connectivity index (χ2v) is 5.62. The molecule has 0 aliphatic carbocycles. The molecule has 22 heavy (non-hydrogen) atoms. The SMILES string of the molecule is COc1ccc(Cn2nc(C)cc2-c2cccc(Cl)c2)cc1. The highest BCUT2D eigenvalue weighted by Gasteiger charge is 2.09. The van der Waals surface area contributed by atoms with Gasteiger partial charge in [-0.05, 0) is 42.8 Å². The number of aryl methyl sites for hydroxylation is 1. The molecule has 1 aromatic heterocycles. The summed E-state index contributed by atoms with van der Waals surface area (Å²) in [6.07, 6.45) is 0. The van der Waals surface area contributed by atoms with Gasteiger partial charge in [-0.15, -0.1) is 0 Å². The number of ether oxygens (including phenoxy) is 1. The summed E-state index contributed by atoms with van der Waals surface area (Å²) in [6.45, 7) is 2.71. The minimum absolute atomic E-state index is 0.708. The number of aromatic nitrogens is 2. The van der Waals surface area contributed by atoms with Crippen LogP contribution in [0.25, 0.3) is 11.3 Å². The van der Waals surface area contributed by atoms with Crippen LogP contribution in [-0.2, 0) is 6.54 Å². The van der Waals surface area contributed by atoms with E-state index >= 15 is 0 Å². The van der Waals surface area contributed by atoms with Gasteiger partial charge in [0, 0.05) is 10.6 Å². The molecule has 0 spiro atoms. The maximum atomic E-state index is 6.10. The monoisotopic (exact) mass is 312 g/mol. The lowest BCUT2D eigenvalue weighted by Gasteiger charge is -2.09. The van der Waals surface area contributed by atoms with Crippen molar-refractivity contribution in [2.75, 3.05) is 7.11 Å². The summed E-state index contributed by atoms with van der Waals surface area (Å²) in [5.41, 5.74) is 4.30. The van der Waals surface area contributed by atoms with E-state index in [1.807, 2.05) is 48.0 Å². The van der Waals surface area contributed by atoms with Gasteiger partial charge in [0.1, 0.15) is 5.75 Å². The third-order valence-electron chi connectivity index (χ3n) is 3.51. The van der Waals surface area contributed by atoms with Crippen LogP contribution in [0.1, 0.15) is 11.3 Å². The molecular weight excluding hydrogens is 296 g/mol. The summed E-state index contributed by atoms with van der Waals surface area (Å²) >= 11 is 6.10. The Bertz CT molecular complexity index is 778. The second-order valence-electron chi connectivity index (χ2n) is 5.19. The van der Waals surface area contributed by atoms with E-state index in [9.17, 15) is 0 Å². The number of rotatable bonds is 4. The predicted molar refractivity (Wildman–Crippen MR) is 89.5 cm³/mol. The first-order valence-corrected chi connectivity index (χ1v) is 7.47. The first-order chi connectivity index (χ1) is 10.7. The fraction of sp³-hybridized carbons (Fsp3) is 0.167. The van der Waals surface area contributed by atoms with Crippen LogP contribution in [0.5, 0.6) is 5.75 Å². The molecule has 1 heterocycles. The number of nitrogens with zero attached hydrogens (tertiary/aromatic N) is 2. The highest BCUT2D eigenvalue weighted by Crippen LogP contribution is 2.24. The maximum Gasteiger partial charge on any atom is 0.118 e. The smallest absolute Gasteiger partial charge is 0.118 e. The molecule has 0 bridgehead atoms. The molecule has 0 amide bonds. The van der Waals surface area contributed by atoms with Crippen molar-refractivity contribution in [2.24, 2.45) is 0 Å². The molecular formula is C18H17ClN2O. The molecule has 0 radical (unpaired) electrons. The van der Waals surface area contributed by atoms with Gasteiger partial charge in [0.25, 0.3) is 0 Å². The van der Waals surface area contributed by atoms with E-state index in [1.165, 1.54) is 5.56 Å². The summed E-state index contributed by atoms with van der Waals surface area (Å²) in [6, 6.07) is 18.0. The fourth-order valence-electron chi connectivity index (χ4n) is 2.45. The van der Waals surface area contributed by atoms with Gasteiger partial charge in [0.05, 0.1) is 25.0 Å². The van der Waals surface area contributed by atoms with Crippen LogP contribution in [0.3, 0.4) is 0 Å². The molecule has 3 rings (SSSR count). The summed E-state index contributed by atoms with van der Waals surface area (Å²) in [7, 11) is 1.67. The summed E-state index contributed by atoms with van der Waals surface area (Å²) in [4.78, 5) is 0. The van der Waals surface area contributed by atoms with Gasteiger partial charge in [-0.3, -0.25) is 4.68 Å². The van der Waals surface area contributed by atoms with Crippen LogP contribution < -0.4 is 4.74 Å². The topological polar surface area (TPSA) is 27.1 Å². The minimum atomic E-state index is 0.708. The first kappa shape index (κ1) is 14.7. The average molecular weight is 313 g/mol. The molecule has 4 heteroatoms. The molecule has 0 aliphatic heterocycles. The average Bonchev–Trinajstić information content (AvgIpc) is 2.89. The van der Waals surface area contributed by atoms with Gasteiger partial charge in [0.2, 0.25) is 0 Å². The molecule has 0 fully saturated rings. The van der Waals surface area contributed by atoms with Gasteiger partial charge < -0.3 is 4.74 Å². The lowest BCUT2D eigenvalue weighted by Crippen LogP contribution is -2.04. The van der Waals surface area contributed by atoms with Gasteiger partial charge in [-0.1, -0.05) is 35.9 Å². The molecule has 3 nitrogen and oxygen atoms in total. The van der Waals surface area contributed by atoms with Crippen LogP contribution in [0.15, 0.2) is 54.6 Å². The summed E-state index contributed by atoms with van der Waals surface area (Å²) in [5, 5.41) is 5.33. The van der Waals surface area contributed by atoms with Crippen LogP contribution >= 0.6 is 11.6 Å². The third-order valence-corrected chi connectivity index (χ3v) is 3.75. The Labute approximate surface area is 135 Å². The quantitative estimate of drug-likeness (QED) is 0.705. The van der Waals surface area contributed by atoms with Crippen molar-refractivity contribution >= 4 is 11.6 Å². The molecule has 2 aromatic carbocycles. The van der Waals surface area contributed by atoms with Crippen LogP contribution in [-0.4, -0.2) is 16.9 Å². The normalized spacial score (nSPS) is 10.7. The summed E-state index contributed by atoms with van der Waals surface area (Å²) < 4.78 is 7.20. The third kappa shape index (κ3) is 3.15. The largest absolute Gasteiger partial charge is 0.497 e. The van der Waals surface area contributed by atoms with E-state index < -0.39 is 0 Å². The maximum absolute atomic E-state index is 6.10. The molecule has 0 N–H and O–H groups in total. The van der Waals surface area contributed by atoms with Crippen LogP contribution in [0.2, 0.25) is 5.02 Å². The van der Waals surface area contributed by atoms with Gasteiger partial charge in [-0.2, -0.15) is 5.10 Å². The molecule has 0 aliphatic rings. The van der Waals surface area contributed by atoms with Gasteiger partial charge >= 0.3 is 0 Å². The highest BCUT2D eigenvalue weighted by atomic mass is 35.5. The van der Waals surface area contributed by atoms with E-state index in [0.29, 0.717) is 6.54 Å². The number of halogens is 1. The molecule has 0 saturated heterocycles. The Morgan fingerprint density at radius 3 is 2.55 bits per heavy atom. The van der Waals surface area contributed by atoms with Crippen molar-refractivity contribution in [3.63, 3.8) is 0 Å². The fourth-order valence-corrected chi connectivity index (χ4v) is 2.64. The van der Waals surface area contributed by atoms with E-state index in [4.69, 9.17) is 16.3 Å². The van der Waals surface area contributed by atoms with Crippen LogP contribution in [0.4, 0.5) is 0 Å². The zero-order valence-electron chi connectivity index (χ0n) is 12.6. The first-order valence-electron chi connectivity index (χ1n) is 7.09. The minimum Gasteiger partial charge on any atom is -0.497 e. The number of benzene rings is 2. The highest BCUT2D eigenvalue weighted by molar-refractivity contribution is 6.30. The molecule has 3 aromatic rings. The predicted octanol–water partition coefficient (Wildman–Crippen LogP) is 4.57. The zero-order valence-corrected chi connectivity index (χ0v) is 13.3. The van der Waals surface area contributed by atoms with Crippen molar-refractivity contribution in [3.05, 3.63) is 70.9 Å². The van der Waals surface area contributed by atoms with Gasteiger partial charge in [-0.25, -0.2) is 0 Å². The van der Waals surface area contributed by atoms with E-state index in [1.54, 1.807) is 7.11 Å². The lowest BCUT2D eigenvalue weighted by molar-refractivity contribution is 0.414. The Morgan fingerprint density at radius 1 is 1.09 bits per heavy atom. The molecule has 112 valence electrons. The standard InChI is InChI=1S/C18H17ClN2O/c1-13-10-18(15-4-3-5-16(19)11-15)21(20-13)12-14-6-8-17(22-2)9-7-14/h3-11H,12H2,1-2H3. The van der Waals surface area contributed by atoms with Crippen molar-refractivity contribution in [3.8, 4) is 17.0 Å². The Morgan fingerprint density at radius 2 is 1.86 bits per heavy atom. The van der Waals surface area contributed by atoms with Crippen molar-refractivity contribution < 1.29 is 4.74 Å². The Kier molecular flexibility index (Phi) is 4.16. The molecule has 0 unspecified atom stereocenters. The van der Waals surface area contributed by atoms with Gasteiger partial charge in [0.15, 0.2) is 0 Å². The molecule has 0 saturated carbocycles. The number of hydrogen-bond donors (Lipinski definition) is 0. The van der Waals surface area contributed by atoms with Crippen molar-refractivity contribution in [2.45, 2.75) is 13.5 Å². The number of methoxy groups -OCH3 is 1. The van der Waals surface area contributed by atoms with Crippen molar-refractivity contribution in [1.82, 2.24) is 9.78 Å². The zero-order chi connectivity index (χ0) is 15.5. The Balaban J connectivity index is 1.93. The van der Waals surface area contributed by atoms with E-state index in [0.717, 1.165) is 27.7 Å². The van der Waals surface area contributed by atoms with Crippen molar-refractivity contribution in [1.29, 1.82) is 0 Å². The van der Waals surface area contributed by atoms with E-state index in [-0.39, 0.29) is 0 Å². The number of hydrogen-bond acceptors (Lipinski definition) is 2. The van der Waals surface area contributed by atoms with Crippen LogP contribution in [0, 0.1) is 6.92 Å². The lowest BCUT2D eigenvalue weighted by atomic mass is 10.1. The molecule has 0 atom stereocenters. The Hall–Kier alpha value is -2.26.